The van der Waals surface area contributed by atoms with Gasteiger partial charge in [0.1, 0.15) is 6.61 Å². The Hall–Kier alpha value is -1.44. The highest BCUT2D eigenvalue weighted by molar-refractivity contribution is 7.89. The van der Waals surface area contributed by atoms with Gasteiger partial charge in [-0.3, -0.25) is 4.79 Å². The minimum Gasteiger partial charge on any atom is -0.372 e. The highest BCUT2D eigenvalue weighted by Gasteiger charge is 2.29. The lowest BCUT2D eigenvalue weighted by Crippen LogP contribution is -2.35. The van der Waals surface area contributed by atoms with Crippen LogP contribution in [0.4, 0.5) is 5.69 Å². The Morgan fingerprint density at radius 3 is 2.64 bits per heavy atom. The van der Waals surface area contributed by atoms with Crippen molar-refractivity contribution >= 4 is 21.6 Å². The van der Waals surface area contributed by atoms with Gasteiger partial charge in [0.05, 0.1) is 4.90 Å². The van der Waals surface area contributed by atoms with E-state index in [1.807, 2.05) is 6.92 Å². The first kappa shape index (κ1) is 18.4. The maximum atomic E-state index is 12.8. The first-order valence-electron chi connectivity index (χ1n) is 9.05. The van der Waals surface area contributed by atoms with Crippen LogP contribution in [0.5, 0.6) is 0 Å². The normalized spacial score (nSPS) is 18.4. The molecule has 0 N–H and O–H groups in total. The SMILES string of the molecule is CCCOCC(=O)N1CCc2cc(S(=O)(=O)N3CCCCC3)ccc21. The van der Waals surface area contributed by atoms with Gasteiger partial charge in [-0.15, -0.1) is 0 Å². The fraction of sp³-hybridized carbons (Fsp3) is 0.611. The van der Waals surface area contributed by atoms with E-state index >= 15 is 0 Å². The molecule has 7 heteroatoms. The number of fused-ring (bicyclic) bond motifs is 1. The molecule has 0 radical (unpaired) electrons. The van der Waals surface area contributed by atoms with Crippen molar-refractivity contribution in [3.63, 3.8) is 0 Å². The van der Waals surface area contributed by atoms with Crippen LogP contribution < -0.4 is 4.90 Å². The molecular formula is C18H26N2O4S. The van der Waals surface area contributed by atoms with E-state index < -0.39 is 10.0 Å². The largest absolute Gasteiger partial charge is 0.372 e. The second kappa shape index (κ2) is 7.85. The molecule has 0 bridgehead atoms. The molecule has 2 aliphatic heterocycles. The molecule has 0 aromatic heterocycles. The van der Waals surface area contributed by atoms with Crippen LogP contribution in [0.25, 0.3) is 0 Å². The molecule has 25 heavy (non-hydrogen) atoms. The summed E-state index contributed by atoms with van der Waals surface area (Å²) in [5.74, 6) is -0.0705. The minimum absolute atomic E-state index is 0.0705. The molecule has 2 aliphatic rings. The zero-order valence-electron chi connectivity index (χ0n) is 14.7. The van der Waals surface area contributed by atoms with Crippen molar-refractivity contribution in [3.05, 3.63) is 23.8 Å². The van der Waals surface area contributed by atoms with Crippen molar-refractivity contribution in [1.82, 2.24) is 4.31 Å². The zero-order valence-corrected chi connectivity index (χ0v) is 15.6. The number of hydrogen-bond donors (Lipinski definition) is 0. The standard InChI is InChI=1S/C18H26N2O4S/c1-2-12-24-14-18(21)20-11-8-15-13-16(6-7-17(15)20)25(22,23)19-9-4-3-5-10-19/h6-7,13H,2-5,8-12,14H2,1H3. The van der Waals surface area contributed by atoms with Crippen LogP contribution in [0, 0.1) is 0 Å². The number of benzene rings is 1. The Balaban J connectivity index is 1.76. The number of hydrogen-bond acceptors (Lipinski definition) is 4. The predicted octanol–water partition coefficient (Wildman–Crippen LogP) is 2.18. The van der Waals surface area contributed by atoms with E-state index in [1.54, 1.807) is 27.4 Å². The molecule has 0 spiro atoms. The number of carbonyl (C=O) groups excluding carboxylic acids is 1. The van der Waals surface area contributed by atoms with Gasteiger partial charge in [0.15, 0.2) is 0 Å². The lowest BCUT2D eigenvalue weighted by molar-refractivity contribution is -0.123. The molecule has 1 aromatic carbocycles. The number of carbonyl (C=O) groups is 1. The van der Waals surface area contributed by atoms with Crippen LogP contribution in [0.3, 0.4) is 0 Å². The van der Waals surface area contributed by atoms with E-state index in [-0.39, 0.29) is 12.5 Å². The van der Waals surface area contributed by atoms with Gasteiger partial charge in [-0.2, -0.15) is 4.31 Å². The van der Waals surface area contributed by atoms with E-state index in [4.69, 9.17) is 4.74 Å². The summed E-state index contributed by atoms with van der Waals surface area (Å²) in [6.07, 6.45) is 4.49. The van der Waals surface area contributed by atoms with E-state index in [2.05, 4.69) is 0 Å². The van der Waals surface area contributed by atoms with Crippen LogP contribution in [-0.4, -0.2) is 51.5 Å². The molecule has 1 saturated heterocycles. The van der Waals surface area contributed by atoms with E-state index in [9.17, 15) is 13.2 Å². The van der Waals surface area contributed by atoms with Crippen molar-refractivity contribution in [3.8, 4) is 0 Å². The Kier molecular flexibility index (Phi) is 5.76. The molecule has 1 aromatic rings. The molecule has 0 aliphatic carbocycles. The van der Waals surface area contributed by atoms with Crippen molar-refractivity contribution in [2.45, 2.75) is 43.9 Å². The molecule has 3 rings (SSSR count). The maximum Gasteiger partial charge on any atom is 0.252 e. The van der Waals surface area contributed by atoms with Gasteiger partial charge in [0.2, 0.25) is 10.0 Å². The number of piperidine rings is 1. The van der Waals surface area contributed by atoms with Crippen LogP contribution in [0.2, 0.25) is 0 Å². The molecule has 0 unspecified atom stereocenters. The van der Waals surface area contributed by atoms with Gasteiger partial charge < -0.3 is 9.64 Å². The van der Waals surface area contributed by atoms with Crippen LogP contribution in [0.1, 0.15) is 38.2 Å². The third-order valence-electron chi connectivity index (χ3n) is 4.77. The summed E-state index contributed by atoms with van der Waals surface area (Å²) in [4.78, 5) is 14.3. The molecule has 0 atom stereocenters. The number of rotatable bonds is 6. The minimum atomic E-state index is -3.43. The van der Waals surface area contributed by atoms with Crippen molar-refractivity contribution in [1.29, 1.82) is 0 Å². The molecule has 6 nitrogen and oxygen atoms in total. The molecule has 2 heterocycles. The number of anilines is 1. The van der Waals surface area contributed by atoms with Crippen molar-refractivity contribution < 1.29 is 17.9 Å². The van der Waals surface area contributed by atoms with Crippen molar-refractivity contribution in [2.75, 3.05) is 37.7 Å². The van der Waals surface area contributed by atoms with Crippen LogP contribution in [0.15, 0.2) is 23.1 Å². The van der Waals surface area contributed by atoms with Crippen molar-refractivity contribution in [2.24, 2.45) is 0 Å². The average molecular weight is 366 g/mol. The Morgan fingerprint density at radius 2 is 1.92 bits per heavy atom. The Labute approximate surface area is 149 Å². The summed E-state index contributed by atoms with van der Waals surface area (Å²) >= 11 is 0. The quantitative estimate of drug-likeness (QED) is 0.724. The smallest absolute Gasteiger partial charge is 0.252 e. The fourth-order valence-corrected chi connectivity index (χ4v) is 5.00. The molecule has 138 valence electrons. The molecule has 1 amide bonds. The molecule has 1 fully saturated rings. The van der Waals surface area contributed by atoms with E-state index in [1.165, 1.54) is 0 Å². The molecule has 0 saturated carbocycles. The monoisotopic (exact) mass is 366 g/mol. The topological polar surface area (TPSA) is 66.9 Å². The van der Waals surface area contributed by atoms with Gasteiger partial charge >= 0.3 is 0 Å². The summed E-state index contributed by atoms with van der Waals surface area (Å²) in [5, 5.41) is 0. The maximum absolute atomic E-state index is 12.8. The summed E-state index contributed by atoms with van der Waals surface area (Å²) in [6.45, 7) is 4.41. The van der Waals surface area contributed by atoms with Crippen LogP contribution in [-0.2, 0) is 26.0 Å². The molecular weight excluding hydrogens is 340 g/mol. The fourth-order valence-electron chi connectivity index (χ4n) is 3.43. The number of amides is 1. The number of sulfonamides is 1. The second-order valence-electron chi connectivity index (χ2n) is 6.60. The van der Waals surface area contributed by atoms with Gasteiger partial charge in [-0.1, -0.05) is 13.3 Å². The zero-order chi connectivity index (χ0) is 17.9. The second-order valence-corrected chi connectivity index (χ2v) is 8.54. The first-order valence-corrected chi connectivity index (χ1v) is 10.5. The third kappa shape index (κ3) is 3.88. The summed E-state index contributed by atoms with van der Waals surface area (Å²) in [6, 6.07) is 5.12. The number of nitrogens with zero attached hydrogens (tertiary/aromatic N) is 2. The Morgan fingerprint density at radius 1 is 1.16 bits per heavy atom. The van der Waals surface area contributed by atoms with Gasteiger partial charge in [0, 0.05) is 31.9 Å². The third-order valence-corrected chi connectivity index (χ3v) is 6.67. The average Bonchev–Trinajstić information content (AvgIpc) is 3.06. The highest BCUT2D eigenvalue weighted by atomic mass is 32.2. The predicted molar refractivity (Wildman–Crippen MR) is 96.2 cm³/mol. The lowest BCUT2D eigenvalue weighted by Gasteiger charge is -2.26. The summed E-state index contributed by atoms with van der Waals surface area (Å²) in [5.41, 5.74) is 1.73. The van der Waals surface area contributed by atoms with Crippen LogP contribution >= 0.6 is 0 Å². The van der Waals surface area contributed by atoms with E-state index in [0.29, 0.717) is 37.6 Å². The van der Waals surface area contributed by atoms with Gasteiger partial charge in [0.25, 0.3) is 5.91 Å². The van der Waals surface area contributed by atoms with E-state index in [0.717, 1.165) is 36.9 Å². The first-order chi connectivity index (χ1) is 12.0. The summed E-state index contributed by atoms with van der Waals surface area (Å²) < 4.78 is 32.5. The number of ether oxygens (including phenoxy) is 1. The lowest BCUT2D eigenvalue weighted by atomic mass is 10.2. The summed E-state index contributed by atoms with van der Waals surface area (Å²) in [7, 11) is -3.43. The van der Waals surface area contributed by atoms with Gasteiger partial charge in [-0.05, 0) is 49.4 Å². The highest BCUT2D eigenvalue weighted by Crippen LogP contribution is 2.31. The van der Waals surface area contributed by atoms with Gasteiger partial charge in [-0.25, -0.2) is 8.42 Å². The Bertz CT molecular complexity index is 727.